The second kappa shape index (κ2) is 4.23. The van der Waals surface area contributed by atoms with Gasteiger partial charge in [-0.2, -0.15) is 0 Å². The molecule has 1 aliphatic rings. The summed E-state index contributed by atoms with van der Waals surface area (Å²) in [4.78, 5) is 0. The van der Waals surface area contributed by atoms with E-state index in [1.54, 1.807) is 0 Å². The van der Waals surface area contributed by atoms with Gasteiger partial charge in [0.1, 0.15) is 0 Å². The van der Waals surface area contributed by atoms with Crippen molar-refractivity contribution in [2.75, 3.05) is 6.54 Å². The van der Waals surface area contributed by atoms with Gasteiger partial charge in [0.25, 0.3) is 0 Å². The zero-order valence-electron chi connectivity index (χ0n) is 8.15. The van der Waals surface area contributed by atoms with Gasteiger partial charge >= 0.3 is 0 Å². The van der Waals surface area contributed by atoms with Gasteiger partial charge in [0.2, 0.25) is 0 Å². The first-order valence-electron chi connectivity index (χ1n) is 4.00. The Morgan fingerprint density at radius 3 is 2.73 bits per heavy atom. The van der Waals surface area contributed by atoms with Gasteiger partial charge in [0.05, 0.1) is 0 Å². The summed E-state index contributed by atoms with van der Waals surface area (Å²) in [7, 11) is 0. The van der Waals surface area contributed by atoms with E-state index in [1.165, 1.54) is 6.42 Å². The van der Waals surface area contributed by atoms with Crippen molar-refractivity contribution in [1.82, 2.24) is 5.32 Å². The van der Waals surface area contributed by atoms with Crippen molar-refractivity contribution in [3.63, 3.8) is 0 Å². The van der Waals surface area contributed by atoms with E-state index in [1.807, 2.05) is 0 Å². The van der Waals surface area contributed by atoms with Crippen LogP contribution in [0.15, 0.2) is 12.3 Å². The van der Waals surface area contributed by atoms with E-state index in [9.17, 15) is 0 Å². The van der Waals surface area contributed by atoms with Crippen molar-refractivity contribution in [3.05, 3.63) is 12.3 Å². The van der Waals surface area contributed by atoms with E-state index in [-0.39, 0.29) is 18.9 Å². The molecule has 0 saturated carbocycles. The molecule has 0 fully saturated rings. The minimum atomic E-state index is 0. The van der Waals surface area contributed by atoms with Crippen LogP contribution in [0.25, 0.3) is 0 Å². The smallest absolute Gasteiger partial charge is 0.0192 e. The first kappa shape index (κ1) is 11.1. The average Bonchev–Trinajstić information content (AvgIpc) is 1.90. The van der Waals surface area contributed by atoms with Gasteiger partial charge in [0, 0.05) is 25.4 Å². The Balaban J connectivity index is 0.000001000. The molecule has 2 heteroatoms. The molecule has 59 valence electrons. The SMILES string of the molecule is CC1C=CNCC(C)(C)C1.[Li]. The summed E-state index contributed by atoms with van der Waals surface area (Å²) in [6.45, 7) is 7.99. The minimum absolute atomic E-state index is 0. The Labute approximate surface area is 81.8 Å². The Morgan fingerprint density at radius 2 is 2.09 bits per heavy atom. The van der Waals surface area contributed by atoms with Gasteiger partial charge < -0.3 is 5.32 Å². The molecule has 1 atom stereocenters. The van der Waals surface area contributed by atoms with Crippen molar-refractivity contribution >= 4 is 18.9 Å². The monoisotopic (exact) mass is 146 g/mol. The fourth-order valence-corrected chi connectivity index (χ4v) is 1.58. The van der Waals surface area contributed by atoms with Gasteiger partial charge in [-0.05, 0) is 24.0 Å². The van der Waals surface area contributed by atoms with E-state index in [0.717, 1.165) is 12.5 Å². The quantitative estimate of drug-likeness (QED) is 0.513. The molecule has 1 unspecified atom stereocenters. The third kappa shape index (κ3) is 3.89. The summed E-state index contributed by atoms with van der Waals surface area (Å²) in [5, 5.41) is 3.29. The van der Waals surface area contributed by atoms with Crippen LogP contribution in [0.2, 0.25) is 0 Å². The molecule has 0 saturated heterocycles. The molecule has 1 radical (unpaired) electrons. The van der Waals surface area contributed by atoms with E-state index in [0.29, 0.717) is 5.41 Å². The fourth-order valence-electron chi connectivity index (χ4n) is 1.58. The summed E-state index contributed by atoms with van der Waals surface area (Å²) in [6, 6.07) is 0. The zero-order valence-corrected chi connectivity index (χ0v) is 8.15. The molecule has 0 spiro atoms. The first-order valence-corrected chi connectivity index (χ1v) is 4.00. The van der Waals surface area contributed by atoms with Gasteiger partial charge in [-0.3, -0.25) is 0 Å². The van der Waals surface area contributed by atoms with Crippen LogP contribution >= 0.6 is 0 Å². The van der Waals surface area contributed by atoms with Crippen LogP contribution < -0.4 is 5.32 Å². The van der Waals surface area contributed by atoms with E-state index >= 15 is 0 Å². The molecule has 1 aliphatic heterocycles. The molecular formula is C9H17LiN. The molecule has 0 amide bonds. The average molecular weight is 146 g/mol. The van der Waals surface area contributed by atoms with Gasteiger partial charge in [-0.15, -0.1) is 0 Å². The maximum absolute atomic E-state index is 3.29. The Kier molecular flexibility index (Phi) is 4.29. The molecule has 0 aromatic carbocycles. The predicted octanol–water partition coefficient (Wildman–Crippen LogP) is 1.77. The summed E-state index contributed by atoms with van der Waals surface area (Å²) in [5.41, 5.74) is 0.461. The van der Waals surface area contributed by atoms with Crippen molar-refractivity contribution in [2.24, 2.45) is 11.3 Å². The predicted molar refractivity (Wildman–Crippen MR) is 50.5 cm³/mol. The van der Waals surface area contributed by atoms with E-state index in [4.69, 9.17) is 0 Å². The molecule has 1 heterocycles. The summed E-state index contributed by atoms with van der Waals surface area (Å²) >= 11 is 0. The Bertz CT molecular complexity index is 140. The molecule has 1 nitrogen and oxygen atoms in total. The molecule has 0 bridgehead atoms. The number of hydrogen-bond donors (Lipinski definition) is 1. The van der Waals surface area contributed by atoms with Gasteiger partial charge in [-0.25, -0.2) is 0 Å². The molecule has 0 aliphatic carbocycles. The van der Waals surface area contributed by atoms with Gasteiger partial charge in [-0.1, -0.05) is 26.8 Å². The van der Waals surface area contributed by atoms with Crippen LogP contribution in [-0.4, -0.2) is 25.4 Å². The molecule has 11 heavy (non-hydrogen) atoms. The third-order valence-corrected chi connectivity index (χ3v) is 2.00. The van der Waals surface area contributed by atoms with Crippen LogP contribution in [0.5, 0.6) is 0 Å². The van der Waals surface area contributed by atoms with E-state index < -0.39 is 0 Å². The first-order chi connectivity index (χ1) is 4.60. The second-order valence-electron chi connectivity index (χ2n) is 4.09. The summed E-state index contributed by atoms with van der Waals surface area (Å²) in [5.74, 6) is 0.727. The standard InChI is InChI=1S/C9H17N.Li/c1-8-4-5-10-7-9(2,3)6-8;/h4-5,8,10H,6-7H2,1-3H3;. The molecule has 1 rings (SSSR count). The summed E-state index contributed by atoms with van der Waals surface area (Å²) < 4.78 is 0. The van der Waals surface area contributed by atoms with Crippen LogP contribution in [0.1, 0.15) is 27.2 Å². The van der Waals surface area contributed by atoms with Crippen LogP contribution in [-0.2, 0) is 0 Å². The zero-order chi connectivity index (χ0) is 7.61. The molecular weight excluding hydrogens is 129 g/mol. The number of allylic oxidation sites excluding steroid dienone is 1. The normalized spacial score (nSPS) is 28.1. The van der Waals surface area contributed by atoms with Crippen molar-refractivity contribution in [3.8, 4) is 0 Å². The second-order valence-corrected chi connectivity index (χ2v) is 4.09. The number of hydrogen-bond acceptors (Lipinski definition) is 1. The minimum Gasteiger partial charge on any atom is -0.391 e. The Hall–Kier alpha value is 0.137. The van der Waals surface area contributed by atoms with Crippen LogP contribution in [0.4, 0.5) is 0 Å². The number of rotatable bonds is 0. The summed E-state index contributed by atoms with van der Waals surface area (Å²) in [6.07, 6.45) is 5.62. The molecule has 1 N–H and O–H groups in total. The van der Waals surface area contributed by atoms with Crippen LogP contribution in [0, 0.1) is 11.3 Å². The largest absolute Gasteiger partial charge is 0.391 e. The van der Waals surface area contributed by atoms with Crippen molar-refractivity contribution in [2.45, 2.75) is 27.2 Å². The molecule has 0 aromatic rings. The Morgan fingerprint density at radius 1 is 1.45 bits per heavy atom. The van der Waals surface area contributed by atoms with Crippen LogP contribution in [0.3, 0.4) is 0 Å². The van der Waals surface area contributed by atoms with Crippen molar-refractivity contribution in [1.29, 1.82) is 0 Å². The third-order valence-electron chi connectivity index (χ3n) is 2.00. The maximum Gasteiger partial charge on any atom is 0.0192 e. The van der Waals surface area contributed by atoms with E-state index in [2.05, 4.69) is 38.4 Å². The molecule has 0 aromatic heterocycles. The fraction of sp³-hybridized carbons (Fsp3) is 0.778. The maximum atomic E-state index is 3.29. The van der Waals surface area contributed by atoms with Gasteiger partial charge in [0.15, 0.2) is 0 Å². The number of nitrogens with one attached hydrogen (secondary N) is 1. The van der Waals surface area contributed by atoms with Crippen molar-refractivity contribution < 1.29 is 0 Å². The topological polar surface area (TPSA) is 12.0 Å².